The molecule has 2 heterocycles. The van der Waals surface area contributed by atoms with Gasteiger partial charge in [0.25, 0.3) is 5.56 Å². The molecule has 0 aromatic carbocycles. The summed E-state index contributed by atoms with van der Waals surface area (Å²) in [6, 6.07) is -0.480. The smallest absolute Gasteiger partial charge is 0.330 e. The van der Waals surface area contributed by atoms with Crippen LogP contribution in [0.15, 0.2) is 20.9 Å². The first kappa shape index (κ1) is 15.9. The van der Waals surface area contributed by atoms with Crippen molar-refractivity contribution < 1.29 is 9.47 Å². The molecule has 1 aromatic rings. The van der Waals surface area contributed by atoms with Gasteiger partial charge in [0.2, 0.25) is 0 Å². The molecular weight excluding hydrogens is 290 g/mol. The highest BCUT2D eigenvalue weighted by Crippen LogP contribution is 2.30. The SMILES string of the molecule is C#CCOC[C@H]1O[C@@H](n2cc(C)c(=O)[nH]c2=O)CC1N=[N+]=[N-]. The standard InChI is InChI=1S/C13H15N5O4/c1-3-4-21-7-10-9(16-17-14)5-11(22-10)18-6-8(2)12(19)15-13(18)20/h1,6,9-11H,4-5,7H2,2H3,(H,15,19,20)/t9?,10-,11-/m1/s1. The van der Waals surface area contributed by atoms with Crippen LogP contribution in [0.4, 0.5) is 0 Å². The molecule has 1 unspecified atom stereocenters. The van der Waals surface area contributed by atoms with Crippen LogP contribution in [0.3, 0.4) is 0 Å². The minimum Gasteiger partial charge on any atom is -0.366 e. The highest BCUT2D eigenvalue weighted by atomic mass is 16.6. The van der Waals surface area contributed by atoms with Crippen LogP contribution in [0.25, 0.3) is 10.4 Å². The first-order valence-electron chi connectivity index (χ1n) is 6.59. The highest BCUT2D eigenvalue weighted by molar-refractivity contribution is 5.02. The summed E-state index contributed by atoms with van der Waals surface area (Å²) in [4.78, 5) is 28.3. The number of rotatable bonds is 5. The molecule has 1 N–H and O–H groups in total. The monoisotopic (exact) mass is 305 g/mol. The average Bonchev–Trinajstić information content (AvgIpc) is 2.87. The van der Waals surface area contributed by atoms with Crippen molar-refractivity contribution in [1.82, 2.24) is 9.55 Å². The number of aryl methyl sites for hydroxylation is 1. The fraction of sp³-hybridized carbons (Fsp3) is 0.538. The third-order valence-corrected chi connectivity index (χ3v) is 3.33. The number of hydrogen-bond acceptors (Lipinski definition) is 5. The zero-order valence-corrected chi connectivity index (χ0v) is 11.9. The maximum Gasteiger partial charge on any atom is 0.330 e. The van der Waals surface area contributed by atoms with Crippen molar-refractivity contribution in [2.24, 2.45) is 5.11 Å². The Morgan fingerprint density at radius 2 is 2.45 bits per heavy atom. The molecule has 0 saturated carbocycles. The Morgan fingerprint density at radius 3 is 3.14 bits per heavy atom. The van der Waals surface area contributed by atoms with E-state index in [-0.39, 0.29) is 13.2 Å². The van der Waals surface area contributed by atoms with Gasteiger partial charge in [-0.1, -0.05) is 11.0 Å². The van der Waals surface area contributed by atoms with Crippen LogP contribution in [0.5, 0.6) is 0 Å². The molecule has 22 heavy (non-hydrogen) atoms. The number of aromatic nitrogens is 2. The Kier molecular flexibility index (Phi) is 5.01. The number of hydrogen-bond donors (Lipinski definition) is 1. The van der Waals surface area contributed by atoms with Gasteiger partial charge >= 0.3 is 5.69 Å². The Bertz CT molecular complexity index is 740. The maximum absolute atomic E-state index is 11.9. The Morgan fingerprint density at radius 1 is 1.68 bits per heavy atom. The summed E-state index contributed by atoms with van der Waals surface area (Å²) in [5, 5.41) is 3.67. The van der Waals surface area contributed by atoms with Crippen molar-refractivity contribution in [3.8, 4) is 12.3 Å². The summed E-state index contributed by atoms with van der Waals surface area (Å²) < 4.78 is 12.2. The molecule has 1 aromatic heterocycles. The van der Waals surface area contributed by atoms with Gasteiger partial charge < -0.3 is 9.47 Å². The van der Waals surface area contributed by atoms with E-state index in [2.05, 4.69) is 20.9 Å². The van der Waals surface area contributed by atoms with Gasteiger partial charge in [0.15, 0.2) is 0 Å². The number of aromatic amines is 1. The predicted molar refractivity (Wildman–Crippen MR) is 77.2 cm³/mol. The summed E-state index contributed by atoms with van der Waals surface area (Å²) in [5.41, 5.74) is 7.98. The summed E-state index contributed by atoms with van der Waals surface area (Å²) in [5.74, 6) is 2.33. The normalized spacial score (nSPS) is 23.7. The topological polar surface area (TPSA) is 122 Å². The Balaban J connectivity index is 2.22. The molecule has 0 radical (unpaired) electrons. The van der Waals surface area contributed by atoms with E-state index in [1.54, 1.807) is 6.92 Å². The molecule has 9 heteroatoms. The van der Waals surface area contributed by atoms with Crippen LogP contribution in [0, 0.1) is 19.3 Å². The summed E-state index contributed by atoms with van der Waals surface area (Å²) in [6.07, 6.45) is 5.68. The molecule has 0 amide bonds. The van der Waals surface area contributed by atoms with Gasteiger partial charge in [-0.2, -0.15) is 0 Å². The summed E-state index contributed by atoms with van der Waals surface area (Å²) in [6.45, 7) is 1.86. The second kappa shape index (κ2) is 6.95. The minimum atomic E-state index is -0.641. The first-order chi connectivity index (χ1) is 10.6. The molecule has 2 rings (SSSR count). The van der Waals surface area contributed by atoms with Gasteiger partial charge in [0.05, 0.1) is 18.8 Å². The van der Waals surface area contributed by atoms with E-state index in [9.17, 15) is 9.59 Å². The van der Waals surface area contributed by atoms with Gasteiger partial charge in [-0.3, -0.25) is 14.3 Å². The van der Waals surface area contributed by atoms with E-state index in [1.165, 1.54) is 10.8 Å². The van der Waals surface area contributed by atoms with E-state index in [4.69, 9.17) is 21.4 Å². The third kappa shape index (κ3) is 3.38. The Hall–Kier alpha value is -2.53. The molecule has 1 aliphatic rings. The van der Waals surface area contributed by atoms with Crippen LogP contribution in [-0.2, 0) is 9.47 Å². The summed E-state index contributed by atoms with van der Waals surface area (Å²) in [7, 11) is 0. The van der Waals surface area contributed by atoms with E-state index in [1.807, 2.05) is 0 Å². The summed E-state index contributed by atoms with van der Waals surface area (Å²) >= 11 is 0. The maximum atomic E-state index is 11.9. The lowest BCUT2D eigenvalue weighted by Crippen LogP contribution is -2.33. The largest absolute Gasteiger partial charge is 0.366 e. The lowest BCUT2D eigenvalue weighted by molar-refractivity contribution is -0.0405. The highest BCUT2D eigenvalue weighted by Gasteiger charge is 2.36. The van der Waals surface area contributed by atoms with Crippen LogP contribution >= 0.6 is 0 Å². The fourth-order valence-corrected chi connectivity index (χ4v) is 2.26. The second-order valence-corrected chi connectivity index (χ2v) is 4.84. The molecule has 1 saturated heterocycles. The number of azide groups is 1. The number of H-pyrrole nitrogens is 1. The van der Waals surface area contributed by atoms with E-state index in [0.29, 0.717) is 12.0 Å². The number of nitrogens with one attached hydrogen (secondary N) is 1. The van der Waals surface area contributed by atoms with Crippen LogP contribution in [0.2, 0.25) is 0 Å². The van der Waals surface area contributed by atoms with E-state index in [0.717, 1.165) is 0 Å². The first-order valence-corrected chi connectivity index (χ1v) is 6.59. The van der Waals surface area contributed by atoms with Crippen molar-refractivity contribution in [2.75, 3.05) is 13.2 Å². The zero-order chi connectivity index (χ0) is 16.1. The van der Waals surface area contributed by atoms with Crippen molar-refractivity contribution in [3.05, 3.63) is 43.0 Å². The molecule has 0 bridgehead atoms. The van der Waals surface area contributed by atoms with Gasteiger partial charge in [0, 0.05) is 23.1 Å². The molecule has 9 nitrogen and oxygen atoms in total. The number of ether oxygens (including phenoxy) is 2. The molecule has 1 fully saturated rings. The predicted octanol–water partition coefficient (Wildman–Crippen LogP) is 0.461. The van der Waals surface area contributed by atoms with E-state index >= 15 is 0 Å². The van der Waals surface area contributed by atoms with Crippen molar-refractivity contribution in [3.63, 3.8) is 0 Å². The molecule has 3 atom stereocenters. The van der Waals surface area contributed by atoms with Crippen molar-refractivity contribution in [1.29, 1.82) is 0 Å². The fourth-order valence-electron chi connectivity index (χ4n) is 2.26. The van der Waals surface area contributed by atoms with Crippen LogP contribution < -0.4 is 11.2 Å². The molecular formula is C13H15N5O4. The zero-order valence-electron chi connectivity index (χ0n) is 11.9. The van der Waals surface area contributed by atoms with Crippen molar-refractivity contribution in [2.45, 2.75) is 31.7 Å². The number of terminal acetylenes is 1. The quantitative estimate of drug-likeness (QED) is 0.279. The van der Waals surface area contributed by atoms with Crippen LogP contribution in [-0.4, -0.2) is 34.9 Å². The van der Waals surface area contributed by atoms with E-state index < -0.39 is 29.6 Å². The molecule has 0 spiro atoms. The minimum absolute atomic E-state index is 0.116. The van der Waals surface area contributed by atoms with Crippen LogP contribution in [0.1, 0.15) is 18.2 Å². The Labute approximate surface area is 125 Å². The lowest BCUT2D eigenvalue weighted by Gasteiger charge is -2.16. The third-order valence-electron chi connectivity index (χ3n) is 3.33. The van der Waals surface area contributed by atoms with Gasteiger partial charge in [-0.25, -0.2) is 4.79 Å². The van der Waals surface area contributed by atoms with Gasteiger partial charge in [-0.05, 0) is 12.5 Å². The molecule has 1 aliphatic heterocycles. The number of nitrogens with zero attached hydrogens (tertiary/aromatic N) is 4. The second-order valence-electron chi connectivity index (χ2n) is 4.84. The van der Waals surface area contributed by atoms with Gasteiger partial charge in [-0.15, -0.1) is 6.42 Å². The van der Waals surface area contributed by atoms with Gasteiger partial charge in [0.1, 0.15) is 12.8 Å². The average molecular weight is 305 g/mol. The lowest BCUT2D eigenvalue weighted by atomic mass is 10.1. The molecule has 116 valence electrons. The molecule has 0 aliphatic carbocycles. The van der Waals surface area contributed by atoms with Crippen molar-refractivity contribution >= 4 is 0 Å².